The minimum absolute atomic E-state index is 0.239. The van der Waals surface area contributed by atoms with E-state index in [-0.39, 0.29) is 5.56 Å². The number of ether oxygens (including phenoxy) is 1. The molecule has 134 valence electrons. The summed E-state index contributed by atoms with van der Waals surface area (Å²) in [7, 11) is 1.56. The van der Waals surface area contributed by atoms with Crippen molar-refractivity contribution in [1.82, 2.24) is 4.57 Å². The topological polar surface area (TPSA) is 71.7 Å². The molecular formula is C21H21NO4. The molecule has 0 radical (unpaired) electrons. The number of rotatable bonds is 5. The lowest BCUT2D eigenvalue weighted by atomic mass is 10.1. The molecule has 1 atom stereocenters. The number of hydrogen-bond acceptors (Lipinski definition) is 3. The summed E-state index contributed by atoms with van der Waals surface area (Å²) >= 11 is 0. The van der Waals surface area contributed by atoms with Crippen LogP contribution in [0.2, 0.25) is 0 Å². The Hall–Kier alpha value is -3.05. The van der Waals surface area contributed by atoms with E-state index in [4.69, 9.17) is 4.74 Å². The molecule has 2 N–H and O–H groups in total. The predicted molar refractivity (Wildman–Crippen MR) is 100 cm³/mol. The van der Waals surface area contributed by atoms with Crippen LogP contribution < -0.4 is 4.74 Å². The molecule has 3 aromatic rings. The van der Waals surface area contributed by atoms with Gasteiger partial charge in [0.05, 0.1) is 24.5 Å². The number of aromatic nitrogens is 1. The first kappa shape index (κ1) is 17.8. The van der Waals surface area contributed by atoms with E-state index in [1.165, 1.54) is 0 Å². The Morgan fingerprint density at radius 3 is 2.38 bits per heavy atom. The third-order valence-corrected chi connectivity index (χ3v) is 4.38. The Bertz CT molecular complexity index is 942. The lowest BCUT2D eigenvalue weighted by molar-refractivity contribution is 0.0698. The van der Waals surface area contributed by atoms with Crippen LogP contribution in [0.1, 0.15) is 34.6 Å². The zero-order chi connectivity index (χ0) is 18.8. The minimum Gasteiger partial charge on any atom is -0.496 e. The number of carboxylic acid groups (broad SMARTS) is 1. The Labute approximate surface area is 152 Å². The van der Waals surface area contributed by atoms with Gasteiger partial charge in [-0.25, -0.2) is 4.79 Å². The van der Waals surface area contributed by atoms with Gasteiger partial charge in [0, 0.05) is 16.9 Å². The molecule has 1 aromatic heterocycles. The molecule has 0 amide bonds. The van der Waals surface area contributed by atoms with Gasteiger partial charge in [-0.1, -0.05) is 30.3 Å². The normalized spacial score (nSPS) is 12.0. The number of benzene rings is 2. The van der Waals surface area contributed by atoms with Crippen LogP contribution in [0.4, 0.5) is 0 Å². The summed E-state index contributed by atoms with van der Waals surface area (Å²) in [6.07, 6.45) is -0.708. The van der Waals surface area contributed by atoms with Gasteiger partial charge >= 0.3 is 5.97 Å². The maximum atomic E-state index is 11.8. The molecule has 0 bridgehead atoms. The van der Waals surface area contributed by atoms with Crippen molar-refractivity contribution in [3.8, 4) is 22.7 Å². The van der Waals surface area contributed by atoms with E-state index in [9.17, 15) is 15.0 Å². The van der Waals surface area contributed by atoms with Gasteiger partial charge in [-0.05, 0) is 43.7 Å². The molecule has 0 saturated heterocycles. The first-order chi connectivity index (χ1) is 12.4. The van der Waals surface area contributed by atoms with Crippen molar-refractivity contribution in [3.63, 3.8) is 0 Å². The smallest absolute Gasteiger partial charge is 0.337 e. The molecule has 0 aliphatic rings. The molecule has 0 saturated carbocycles. The summed E-state index contributed by atoms with van der Waals surface area (Å²) in [5, 5.41) is 19.7. The van der Waals surface area contributed by atoms with Gasteiger partial charge in [-0.3, -0.25) is 0 Å². The highest BCUT2D eigenvalue weighted by atomic mass is 16.5. The number of nitrogens with zero attached hydrogens (tertiary/aromatic N) is 1. The van der Waals surface area contributed by atoms with Crippen molar-refractivity contribution < 1.29 is 19.7 Å². The van der Waals surface area contributed by atoms with Crippen molar-refractivity contribution in [2.24, 2.45) is 0 Å². The fraction of sp³-hybridized carbons (Fsp3) is 0.190. The monoisotopic (exact) mass is 351 g/mol. The number of aromatic carboxylic acids is 1. The van der Waals surface area contributed by atoms with Crippen LogP contribution in [0.25, 0.3) is 16.9 Å². The van der Waals surface area contributed by atoms with E-state index in [0.29, 0.717) is 17.0 Å². The SMILES string of the molecule is COc1ccc(-n2c(C)cc(C(=O)O)c2-c2ccccc2)cc1C(C)O. The molecule has 26 heavy (non-hydrogen) atoms. The number of aliphatic hydroxyl groups excluding tert-OH is 1. The number of aryl methyl sites for hydroxylation is 1. The fourth-order valence-electron chi connectivity index (χ4n) is 3.20. The van der Waals surface area contributed by atoms with Crippen molar-refractivity contribution in [2.75, 3.05) is 7.11 Å². The Balaban J connectivity index is 2.29. The van der Waals surface area contributed by atoms with Crippen LogP contribution in [0.3, 0.4) is 0 Å². The van der Waals surface area contributed by atoms with Crippen molar-refractivity contribution in [1.29, 1.82) is 0 Å². The van der Waals surface area contributed by atoms with Crippen LogP contribution in [0.15, 0.2) is 54.6 Å². The lowest BCUT2D eigenvalue weighted by Gasteiger charge is -2.17. The largest absolute Gasteiger partial charge is 0.496 e. The molecule has 2 aromatic carbocycles. The second-order valence-corrected chi connectivity index (χ2v) is 6.16. The Morgan fingerprint density at radius 2 is 1.81 bits per heavy atom. The minimum atomic E-state index is -0.977. The first-order valence-corrected chi connectivity index (χ1v) is 8.31. The highest BCUT2D eigenvalue weighted by Crippen LogP contribution is 2.34. The van der Waals surface area contributed by atoms with E-state index >= 15 is 0 Å². The zero-order valence-corrected chi connectivity index (χ0v) is 14.9. The third-order valence-electron chi connectivity index (χ3n) is 4.38. The molecule has 3 rings (SSSR count). The number of hydrogen-bond donors (Lipinski definition) is 2. The maximum absolute atomic E-state index is 11.8. The average molecular weight is 351 g/mol. The van der Waals surface area contributed by atoms with Crippen LogP contribution in [-0.4, -0.2) is 27.9 Å². The van der Waals surface area contributed by atoms with Gasteiger partial charge in [0.1, 0.15) is 5.75 Å². The van der Waals surface area contributed by atoms with Crippen molar-refractivity contribution in [3.05, 3.63) is 71.4 Å². The lowest BCUT2D eigenvalue weighted by Crippen LogP contribution is -2.05. The van der Waals surface area contributed by atoms with E-state index in [1.54, 1.807) is 26.2 Å². The molecule has 1 unspecified atom stereocenters. The van der Waals surface area contributed by atoms with E-state index in [1.807, 2.05) is 54.0 Å². The number of aliphatic hydroxyl groups is 1. The highest BCUT2D eigenvalue weighted by Gasteiger charge is 2.21. The molecule has 0 aliphatic carbocycles. The summed E-state index contributed by atoms with van der Waals surface area (Å²) in [5.74, 6) is -0.386. The summed E-state index contributed by atoms with van der Waals surface area (Å²) in [6.45, 7) is 3.54. The third kappa shape index (κ3) is 3.09. The number of methoxy groups -OCH3 is 1. The van der Waals surface area contributed by atoms with Crippen LogP contribution in [-0.2, 0) is 0 Å². The van der Waals surface area contributed by atoms with Crippen LogP contribution in [0.5, 0.6) is 5.75 Å². The van der Waals surface area contributed by atoms with Gasteiger partial charge in [-0.15, -0.1) is 0 Å². The van der Waals surface area contributed by atoms with E-state index in [2.05, 4.69) is 0 Å². The molecular weight excluding hydrogens is 330 g/mol. The zero-order valence-electron chi connectivity index (χ0n) is 14.9. The van der Waals surface area contributed by atoms with E-state index in [0.717, 1.165) is 16.9 Å². The van der Waals surface area contributed by atoms with Crippen molar-refractivity contribution in [2.45, 2.75) is 20.0 Å². The van der Waals surface area contributed by atoms with E-state index < -0.39 is 12.1 Å². The first-order valence-electron chi connectivity index (χ1n) is 8.31. The number of carbonyl (C=O) groups is 1. The molecule has 0 fully saturated rings. The van der Waals surface area contributed by atoms with Gasteiger partial charge < -0.3 is 19.5 Å². The number of carboxylic acids is 1. The Morgan fingerprint density at radius 1 is 1.12 bits per heavy atom. The molecule has 0 spiro atoms. The summed E-state index contributed by atoms with van der Waals surface area (Å²) in [4.78, 5) is 11.8. The predicted octanol–water partition coefficient (Wildman–Crippen LogP) is 4.21. The summed E-state index contributed by atoms with van der Waals surface area (Å²) in [6, 6.07) is 16.6. The highest BCUT2D eigenvalue weighted by molar-refractivity contribution is 5.96. The van der Waals surface area contributed by atoms with Crippen molar-refractivity contribution >= 4 is 5.97 Å². The van der Waals surface area contributed by atoms with Gasteiger partial charge in [0.2, 0.25) is 0 Å². The van der Waals surface area contributed by atoms with Crippen LogP contribution >= 0.6 is 0 Å². The second kappa shape index (κ2) is 7.06. The molecule has 0 aliphatic heterocycles. The molecule has 1 heterocycles. The van der Waals surface area contributed by atoms with Gasteiger partial charge in [0.15, 0.2) is 0 Å². The Kier molecular flexibility index (Phi) is 4.82. The van der Waals surface area contributed by atoms with Gasteiger partial charge in [0.25, 0.3) is 0 Å². The standard InChI is InChI=1S/C21H21NO4/c1-13-11-18(21(24)25)20(15-7-5-4-6-8-15)22(13)16-9-10-19(26-3)17(12-16)14(2)23/h4-12,14,23H,1-3H3,(H,24,25). The van der Waals surface area contributed by atoms with Gasteiger partial charge in [-0.2, -0.15) is 0 Å². The summed E-state index contributed by atoms with van der Waals surface area (Å²) < 4.78 is 7.22. The summed E-state index contributed by atoms with van der Waals surface area (Å²) in [5.41, 5.74) is 3.87. The second-order valence-electron chi connectivity index (χ2n) is 6.16. The maximum Gasteiger partial charge on any atom is 0.337 e. The molecule has 5 nitrogen and oxygen atoms in total. The average Bonchev–Trinajstić information content (AvgIpc) is 2.99. The fourth-order valence-corrected chi connectivity index (χ4v) is 3.20. The quantitative estimate of drug-likeness (QED) is 0.722. The molecule has 5 heteroatoms. The van der Waals surface area contributed by atoms with Crippen LogP contribution in [0, 0.1) is 6.92 Å².